The summed E-state index contributed by atoms with van der Waals surface area (Å²) in [6.07, 6.45) is 8.28. The van der Waals surface area contributed by atoms with Gasteiger partial charge < -0.3 is 0 Å². The van der Waals surface area contributed by atoms with Gasteiger partial charge in [0.25, 0.3) is 0 Å². The Morgan fingerprint density at radius 3 is 2.73 bits per heavy atom. The number of benzene rings is 1. The molecule has 6 nitrogen and oxygen atoms in total. The van der Waals surface area contributed by atoms with E-state index in [1.54, 1.807) is 0 Å². The number of hydrogen-bond acceptors (Lipinski definition) is 5. The van der Waals surface area contributed by atoms with Crippen LogP contribution in [0.15, 0.2) is 54.9 Å². The number of aromatic nitrogens is 3. The van der Waals surface area contributed by atoms with Crippen LogP contribution in [0.2, 0.25) is 0 Å². The Bertz CT molecular complexity index is 1100. The second-order valence-corrected chi connectivity index (χ2v) is 9.22. The molecule has 4 heterocycles. The van der Waals surface area contributed by atoms with Crippen LogP contribution in [-0.4, -0.2) is 45.4 Å². The molecular formula is C27H31N5O. The lowest BCUT2D eigenvalue weighted by molar-refractivity contribution is -0.117. The van der Waals surface area contributed by atoms with E-state index in [-0.39, 0.29) is 5.91 Å². The summed E-state index contributed by atoms with van der Waals surface area (Å²) >= 11 is 0. The largest absolute Gasteiger partial charge is 0.298 e. The van der Waals surface area contributed by atoms with E-state index in [4.69, 9.17) is 9.97 Å². The van der Waals surface area contributed by atoms with Crippen molar-refractivity contribution in [3.8, 4) is 0 Å². The number of pyridine rings is 1. The number of hydrogen-bond donors (Lipinski definition) is 0. The normalized spacial score (nSPS) is 18.5. The van der Waals surface area contributed by atoms with Crippen LogP contribution in [-0.2, 0) is 24.2 Å². The van der Waals surface area contributed by atoms with Crippen LogP contribution in [0.1, 0.15) is 53.4 Å². The number of piperidine rings is 1. The fraction of sp³-hybridized carbons (Fsp3) is 0.407. The van der Waals surface area contributed by atoms with Crippen LogP contribution >= 0.6 is 0 Å². The van der Waals surface area contributed by atoms with Crippen molar-refractivity contribution in [2.45, 2.75) is 51.5 Å². The Labute approximate surface area is 195 Å². The van der Waals surface area contributed by atoms with Gasteiger partial charge in [-0.2, -0.15) is 0 Å². The van der Waals surface area contributed by atoms with Crippen molar-refractivity contribution in [2.24, 2.45) is 0 Å². The van der Waals surface area contributed by atoms with Crippen LogP contribution in [0.3, 0.4) is 0 Å². The van der Waals surface area contributed by atoms with Crippen LogP contribution in [0.4, 0.5) is 5.82 Å². The first-order chi connectivity index (χ1) is 16.2. The van der Waals surface area contributed by atoms with Gasteiger partial charge in [-0.05, 0) is 56.3 Å². The Hall–Kier alpha value is -3.12. The number of fused-ring (bicyclic) bond motifs is 1. The minimum Gasteiger partial charge on any atom is -0.298 e. The summed E-state index contributed by atoms with van der Waals surface area (Å²) in [7, 11) is 0. The summed E-state index contributed by atoms with van der Waals surface area (Å²) in [6.45, 7) is 5.66. The Morgan fingerprint density at radius 2 is 1.91 bits per heavy atom. The zero-order valence-corrected chi connectivity index (χ0v) is 19.3. The predicted molar refractivity (Wildman–Crippen MR) is 129 cm³/mol. The monoisotopic (exact) mass is 441 g/mol. The van der Waals surface area contributed by atoms with Crippen molar-refractivity contribution in [1.29, 1.82) is 0 Å². The van der Waals surface area contributed by atoms with E-state index in [0.29, 0.717) is 18.9 Å². The maximum absolute atomic E-state index is 12.8. The van der Waals surface area contributed by atoms with E-state index in [2.05, 4.69) is 40.2 Å². The van der Waals surface area contributed by atoms with Crippen molar-refractivity contribution in [3.63, 3.8) is 0 Å². The molecule has 0 N–H and O–H groups in total. The van der Waals surface area contributed by atoms with Gasteiger partial charge in [0.05, 0.1) is 6.42 Å². The first-order valence-corrected chi connectivity index (χ1v) is 12.0. The second kappa shape index (κ2) is 9.79. The van der Waals surface area contributed by atoms with E-state index in [1.807, 2.05) is 36.4 Å². The van der Waals surface area contributed by atoms with E-state index >= 15 is 0 Å². The van der Waals surface area contributed by atoms with Gasteiger partial charge in [0.1, 0.15) is 11.6 Å². The average molecular weight is 442 g/mol. The second-order valence-electron chi connectivity index (χ2n) is 9.22. The lowest BCUT2D eigenvalue weighted by Crippen LogP contribution is -2.35. The van der Waals surface area contributed by atoms with E-state index in [0.717, 1.165) is 68.2 Å². The third-order valence-electron chi connectivity index (χ3n) is 6.78. The zero-order chi connectivity index (χ0) is 22.6. The third kappa shape index (κ3) is 4.96. The SMILES string of the molecule is Cc1nc([C@@H]2CCCN(Cc3cccnc3)C2)nc2c1CC(=O)N2CCCc1ccccc1. The fourth-order valence-corrected chi connectivity index (χ4v) is 5.06. The molecule has 33 heavy (non-hydrogen) atoms. The molecule has 1 atom stereocenters. The van der Waals surface area contributed by atoms with Crippen molar-refractivity contribution < 1.29 is 4.79 Å². The summed E-state index contributed by atoms with van der Waals surface area (Å²) in [5, 5.41) is 0. The van der Waals surface area contributed by atoms with Gasteiger partial charge in [0, 0.05) is 49.2 Å². The molecule has 0 spiro atoms. The van der Waals surface area contributed by atoms with E-state index in [1.165, 1.54) is 11.1 Å². The molecule has 1 aromatic carbocycles. The molecule has 0 unspecified atom stereocenters. The van der Waals surface area contributed by atoms with Crippen molar-refractivity contribution >= 4 is 11.7 Å². The summed E-state index contributed by atoms with van der Waals surface area (Å²) < 4.78 is 0. The summed E-state index contributed by atoms with van der Waals surface area (Å²) in [4.78, 5) is 31.3. The summed E-state index contributed by atoms with van der Waals surface area (Å²) in [6, 6.07) is 14.6. The van der Waals surface area contributed by atoms with Gasteiger partial charge in [-0.1, -0.05) is 36.4 Å². The zero-order valence-electron chi connectivity index (χ0n) is 19.3. The minimum atomic E-state index is 0.148. The molecule has 6 heteroatoms. The lowest BCUT2D eigenvalue weighted by atomic mass is 9.96. The number of anilines is 1. The topological polar surface area (TPSA) is 62.2 Å². The molecule has 0 saturated carbocycles. The van der Waals surface area contributed by atoms with E-state index < -0.39 is 0 Å². The van der Waals surface area contributed by atoms with Crippen molar-refractivity contribution in [2.75, 3.05) is 24.5 Å². The number of rotatable bonds is 7. The standard InChI is InChI=1S/C27H31N5O/c1-20-24-16-25(33)32(15-6-11-21-8-3-2-4-9-21)27(24)30-26(29-20)23-12-7-14-31(19-23)18-22-10-5-13-28-17-22/h2-5,8-10,13,17,23H,6-7,11-12,14-16,18-19H2,1H3/t23-/m1/s1. The summed E-state index contributed by atoms with van der Waals surface area (Å²) in [5.74, 6) is 2.18. The highest BCUT2D eigenvalue weighted by atomic mass is 16.2. The molecule has 0 radical (unpaired) electrons. The number of carbonyl (C=O) groups is 1. The Balaban J connectivity index is 1.30. The molecule has 5 rings (SSSR count). The number of aryl methyl sites for hydroxylation is 2. The smallest absolute Gasteiger partial charge is 0.232 e. The molecule has 1 fully saturated rings. The van der Waals surface area contributed by atoms with Gasteiger partial charge in [0.2, 0.25) is 5.91 Å². The van der Waals surface area contributed by atoms with Crippen LogP contribution in [0.25, 0.3) is 0 Å². The molecular weight excluding hydrogens is 410 g/mol. The molecule has 170 valence electrons. The van der Waals surface area contributed by atoms with Gasteiger partial charge in [-0.25, -0.2) is 9.97 Å². The molecule has 1 saturated heterocycles. The van der Waals surface area contributed by atoms with Crippen LogP contribution < -0.4 is 4.90 Å². The van der Waals surface area contributed by atoms with Gasteiger partial charge >= 0.3 is 0 Å². The highest BCUT2D eigenvalue weighted by molar-refractivity contribution is 6.00. The first-order valence-electron chi connectivity index (χ1n) is 12.0. The van der Waals surface area contributed by atoms with Gasteiger partial charge in [-0.15, -0.1) is 0 Å². The first kappa shape index (κ1) is 21.7. The van der Waals surface area contributed by atoms with Gasteiger partial charge in [-0.3, -0.25) is 19.6 Å². The fourth-order valence-electron chi connectivity index (χ4n) is 5.06. The quantitative estimate of drug-likeness (QED) is 0.553. The highest BCUT2D eigenvalue weighted by Crippen LogP contribution is 2.33. The Kier molecular flexibility index (Phi) is 6.44. The molecule has 0 bridgehead atoms. The van der Waals surface area contributed by atoms with Crippen molar-refractivity contribution in [3.05, 3.63) is 83.1 Å². The predicted octanol–water partition coefficient (Wildman–Crippen LogP) is 4.08. The molecule has 2 aliphatic heterocycles. The van der Waals surface area contributed by atoms with Crippen LogP contribution in [0, 0.1) is 6.92 Å². The Morgan fingerprint density at radius 1 is 1.06 bits per heavy atom. The number of carbonyl (C=O) groups excluding carboxylic acids is 1. The maximum Gasteiger partial charge on any atom is 0.232 e. The van der Waals surface area contributed by atoms with E-state index in [9.17, 15) is 4.79 Å². The third-order valence-corrected chi connectivity index (χ3v) is 6.78. The average Bonchev–Trinajstić information content (AvgIpc) is 3.16. The lowest BCUT2D eigenvalue weighted by Gasteiger charge is -2.32. The highest BCUT2D eigenvalue weighted by Gasteiger charge is 2.33. The maximum atomic E-state index is 12.8. The number of amides is 1. The summed E-state index contributed by atoms with van der Waals surface area (Å²) in [5.41, 5.74) is 4.50. The molecule has 2 aromatic heterocycles. The number of likely N-dealkylation sites (tertiary alicyclic amines) is 1. The van der Waals surface area contributed by atoms with Crippen molar-refractivity contribution in [1.82, 2.24) is 19.9 Å². The molecule has 3 aromatic rings. The number of nitrogens with zero attached hydrogens (tertiary/aromatic N) is 5. The minimum absolute atomic E-state index is 0.148. The molecule has 0 aliphatic carbocycles. The van der Waals surface area contributed by atoms with Gasteiger partial charge in [0.15, 0.2) is 0 Å². The molecule has 2 aliphatic rings. The molecule has 1 amide bonds. The van der Waals surface area contributed by atoms with Crippen LogP contribution in [0.5, 0.6) is 0 Å².